The van der Waals surface area contributed by atoms with Crippen molar-refractivity contribution in [2.24, 2.45) is 5.92 Å². The largest absolute Gasteiger partial charge is 0.314 e. The maximum atomic E-state index is 3.77. The molecule has 0 amide bonds. The van der Waals surface area contributed by atoms with Crippen LogP contribution in [0.2, 0.25) is 0 Å². The molecule has 0 aromatic heterocycles. The Balaban J connectivity index is 1.74. The lowest BCUT2D eigenvalue weighted by Crippen LogP contribution is -2.33. The van der Waals surface area contributed by atoms with Crippen LogP contribution in [0.1, 0.15) is 104 Å². The number of hydrogen-bond acceptors (Lipinski definition) is 1. The van der Waals surface area contributed by atoms with Gasteiger partial charge in [-0.15, -0.1) is 0 Å². The van der Waals surface area contributed by atoms with Crippen molar-refractivity contribution in [3.63, 3.8) is 0 Å². The normalized spacial score (nSPS) is 23.1. The van der Waals surface area contributed by atoms with E-state index in [0.29, 0.717) is 0 Å². The summed E-state index contributed by atoms with van der Waals surface area (Å²) in [5, 5.41) is 3.77. The van der Waals surface area contributed by atoms with E-state index in [4.69, 9.17) is 0 Å². The first-order valence-electron chi connectivity index (χ1n) is 9.56. The van der Waals surface area contributed by atoms with E-state index in [0.717, 1.165) is 12.0 Å². The van der Waals surface area contributed by atoms with Crippen molar-refractivity contribution in [1.29, 1.82) is 0 Å². The fraction of sp³-hybridized carbons (Fsp3) is 1.00. The van der Waals surface area contributed by atoms with Gasteiger partial charge in [0.05, 0.1) is 0 Å². The predicted molar refractivity (Wildman–Crippen MR) is 91.3 cm³/mol. The Morgan fingerprint density at radius 2 is 1.20 bits per heavy atom. The minimum absolute atomic E-state index is 0.838. The van der Waals surface area contributed by atoms with Gasteiger partial charge in [-0.2, -0.15) is 0 Å². The molecule has 0 bridgehead atoms. The third-order valence-electron chi connectivity index (χ3n) is 4.98. The zero-order valence-electron chi connectivity index (χ0n) is 14.3. The van der Waals surface area contributed by atoms with Gasteiger partial charge in [-0.1, -0.05) is 71.6 Å². The lowest BCUT2D eigenvalue weighted by molar-refractivity contribution is 0.306. The van der Waals surface area contributed by atoms with Gasteiger partial charge in [0.1, 0.15) is 0 Å². The molecule has 1 rings (SSSR count). The monoisotopic (exact) mass is 281 g/mol. The standard InChI is InChI=1S/C19H39N/c1-3-4-5-6-7-8-9-10-11-12-17-20-19-15-13-18(2)14-16-19/h18-20H,3-17H2,1-2H3. The summed E-state index contributed by atoms with van der Waals surface area (Å²) in [4.78, 5) is 0. The highest BCUT2D eigenvalue weighted by atomic mass is 14.9. The number of nitrogens with one attached hydrogen (secondary N) is 1. The van der Waals surface area contributed by atoms with Crippen molar-refractivity contribution in [2.45, 2.75) is 110 Å². The van der Waals surface area contributed by atoms with Crippen molar-refractivity contribution in [3.05, 3.63) is 0 Å². The van der Waals surface area contributed by atoms with Gasteiger partial charge in [0, 0.05) is 6.04 Å². The Morgan fingerprint density at radius 1 is 0.700 bits per heavy atom. The van der Waals surface area contributed by atoms with Crippen LogP contribution in [-0.4, -0.2) is 12.6 Å². The second kappa shape index (κ2) is 12.7. The van der Waals surface area contributed by atoms with E-state index in [-0.39, 0.29) is 0 Å². The van der Waals surface area contributed by atoms with Gasteiger partial charge in [0.2, 0.25) is 0 Å². The molecular formula is C19H39N. The summed E-state index contributed by atoms with van der Waals surface area (Å²) in [5.74, 6) is 0.977. The van der Waals surface area contributed by atoms with Crippen LogP contribution < -0.4 is 5.32 Å². The number of rotatable bonds is 12. The minimum Gasteiger partial charge on any atom is -0.314 e. The van der Waals surface area contributed by atoms with Crippen LogP contribution in [0.15, 0.2) is 0 Å². The summed E-state index contributed by atoms with van der Waals surface area (Å²) in [7, 11) is 0. The summed E-state index contributed by atoms with van der Waals surface area (Å²) in [5.41, 5.74) is 0. The Kier molecular flexibility index (Phi) is 11.4. The molecule has 0 aromatic carbocycles. The summed E-state index contributed by atoms with van der Waals surface area (Å²) < 4.78 is 0. The van der Waals surface area contributed by atoms with Gasteiger partial charge in [0.15, 0.2) is 0 Å². The molecule has 1 aliphatic carbocycles. The fourth-order valence-electron chi connectivity index (χ4n) is 3.38. The van der Waals surface area contributed by atoms with Crippen LogP contribution in [0.3, 0.4) is 0 Å². The van der Waals surface area contributed by atoms with Crippen molar-refractivity contribution in [1.82, 2.24) is 5.32 Å². The second-order valence-corrected chi connectivity index (χ2v) is 7.09. The zero-order valence-corrected chi connectivity index (χ0v) is 14.3. The highest BCUT2D eigenvalue weighted by Gasteiger charge is 2.16. The van der Waals surface area contributed by atoms with Crippen LogP contribution in [0.5, 0.6) is 0 Å². The summed E-state index contributed by atoms with van der Waals surface area (Å²) >= 11 is 0. The minimum atomic E-state index is 0.838. The molecular weight excluding hydrogens is 242 g/mol. The molecule has 1 fully saturated rings. The Labute approximate surface area is 128 Å². The van der Waals surface area contributed by atoms with Crippen molar-refractivity contribution in [3.8, 4) is 0 Å². The quantitative estimate of drug-likeness (QED) is 0.428. The Morgan fingerprint density at radius 3 is 1.75 bits per heavy atom. The Bertz CT molecular complexity index is 194. The molecule has 20 heavy (non-hydrogen) atoms. The van der Waals surface area contributed by atoms with Crippen LogP contribution in [0.4, 0.5) is 0 Å². The maximum absolute atomic E-state index is 3.77. The van der Waals surface area contributed by atoms with Crippen LogP contribution in [-0.2, 0) is 0 Å². The molecule has 0 aliphatic heterocycles. The average Bonchev–Trinajstić information content (AvgIpc) is 2.47. The summed E-state index contributed by atoms with van der Waals surface area (Å²) in [6.45, 7) is 5.95. The second-order valence-electron chi connectivity index (χ2n) is 7.09. The van der Waals surface area contributed by atoms with E-state index < -0.39 is 0 Å². The van der Waals surface area contributed by atoms with Gasteiger partial charge < -0.3 is 5.32 Å². The molecule has 0 aromatic rings. The fourth-order valence-corrected chi connectivity index (χ4v) is 3.38. The zero-order chi connectivity index (χ0) is 14.5. The first-order chi connectivity index (χ1) is 9.83. The van der Waals surface area contributed by atoms with E-state index in [1.807, 2.05) is 0 Å². The lowest BCUT2D eigenvalue weighted by atomic mass is 9.87. The first-order valence-corrected chi connectivity index (χ1v) is 9.56. The first kappa shape index (κ1) is 18.0. The van der Waals surface area contributed by atoms with Gasteiger partial charge in [-0.05, 0) is 44.6 Å². The van der Waals surface area contributed by atoms with Gasteiger partial charge in [0.25, 0.3) is 0 Å². The Hall–Kier alpha value is -0.0400. The molecule has 1 heteroatoms. The van der Waals surface area contributed by atoms with E-state index in [2.05, 4.69) is 19.2 Å². The molecule has 0 atom stereocenters. The predicted octanol–water partition coefficient (Wildman–Crippen LogP) is 6.08. The van der Waals surface area contributed by atoms with Crippen LogP contribution in [0.25, 0.3) is 0 Å². The number of unbranched alkanes of at least 4 members (excludes halogenated alkanes) is 9. The topological polar surface area (TPSA) is 12.0 Å². The SMILES string of the molecule is CCCCCCCCCCCCNC1CCC(C)CC1. The van der Waals surface area contributed by atoms with Crippen LogP contribution >= 0.6 is 0 Å². The molecule has 1 N–H and O–H groups in total. The molecule has 0 saturated heterocycles. The lowest BCUT2D eigenvalue weighted by Gasteiger charge is -2.27. The molecule has 1 aliphatic rings. The molecule has 0 unspecified atom stereocenters. The number of hydrogen-bond donors (Lipinski definition) is 1. The maximum Gasteiger partial charge on any atom is 0.00672 e. The van der Waals surface area contributed by atoms with Crippen LogP contribution in [0, 0.1) is 5.92 Å². The van der Waals surface area contributed by atoms with E-state index in [9.17, 15) is 0 Å². The highest BCUT2D eigenvalue weighted by molar-refractivity contribution is 4.74. The van der Waals surface area contributed by atoms with Crippen molar-refractivity contribution in [2.75, 3.05) is 6.54 Å². The smallest absolute Gasteiger partial charge is 0.00672 e. The van der Waals surface area contributed by atoms with E-state index >= 15 is 0 Å². The van der Waals surface area contributed by atoms with Gasteiger partial charge in [-0.25, -0.2) is 0 Å². The van der Waals surface area contributed by atoms with Gasteiger partial charge >= 0.3 is 0 Å². The average molecular weight is 282 g/mol. The molecule has 0 heterocycles. The highest BCUT2D eigenvalue weighted by Crippen LogP contribution is 2.23. The van der Waals surface area contributed by atoms with Crippen molar-refractivity contribution < 1.29 is 0 Å². The molecule has 1 saturated carbocycles. The molecule has 1 nitrogen and oxygen atoms in total. The molecule has 120 valence electrons. The van der Waals surface area contributed by atoms with Crippen molar-refractivity contribution >= 4 is 0 Å². The third kappa shape index (κ3) is 9.80. The van der Waals surface area contributed by atoms with E-state index in [1.165, 1.54) is 96.4 Å². The third-order valence-corrected chi connectivity index (χ3v) is 4.98. The molecule has 0 radical (unpaired) electrons. The summed E-state index contributed by atoms with van der Waals surface area (Å²) in [6, 6.07) is 0.838. The van der Waals surface area contributed by atoms with E-state index in [1.54, 1.807) is 0 Å². The molecule has 0 spiro atoms. The van der Waals surface area contributed by atoms with Gasteiger partial charge in [-0.3, -0.25) is 0 Å². The summed E-state index contributed by atoms with van der Waals surface area (Å²) in [6.07, 6.45) is 20.1.